The van der Waals surface area contributed by atoms with Crippen LogP contribution in [0.2, 0.25) is 0 Å². The van der Waals surface area contributed by atoms with Gasteiger partial charge in [-0.3, -0.25) is 0 Å². The molecule has 160 valence electrons. The van der Waals surface area contributed by atoms with Crippen molar-refractivity contribution in [3.8, 4) is 0 Å². The van der Waals surface area contributed by atoms with E-state index < -0.39 is 35.8 Å². The minimum atomic E-state index is -0.716. The molecule has 1 amide bonds. The molecule has 0 atom stereocenters. The number of carbonyl (C=O) groups excluding carboxylic acids is 1. The van der Waals surface area contributed by atoms with Crippen LogP contribution in [0, 0.1) is 5.82 Å². The molecule has 2 rings (SSSR count). The quantitative estimate of drug-likeness (QED) is 0.725. The summed E-state index contributed by atoms with van der Waals surface area (Å²) in [7, 11) is -0.716. The molecule has 0 saturated carbocycles. The third-order valence-electron chi connectivity index (χ3n) is 5.01. The first-order valence-corrected chi connectivity index (χ1v) is 9.66. The second-order valence-electron chi connectivity index (χ2n) is 9.16. The zero-order valence-electron chi connectivity index (χ0n) is 18.3. The molecule has 2 N–H and O–H groups in total. The molecule has 0 aromatic heterocycles. The van der Waals surface area contributed by atoms with E-state index in [-0.39, 0.29) is 13.2 Å². The van der Waals surface area contributed by atoms with E-state index in [1.807, 2.05) is 27.7 Å². The van der Waals surface area contributed by atoms with Gasteiger partial charge in [0.2, 0.25) is 0 Å². The first-order valence-electron chi connectivity index (χ1n) is 9.66. The Morgan fingerprint density at radius 1 is 1.24 bits per heavy atom. The lowest BCUT2D eigenvalue weighted by Gasteiger charge is -2.32. The number of ether oxygens (including phenoxy) is 1. The molecule has 1 aromatic rings. The first kappa shape index (κ1) is 23.4. The highest BCUT2D eigenvalue weighted by Gasteiger charge is 2.52. The summed E-state index contributed by atoms with van der Waals surface area (Å²) in [6, 6.07) is 4.16. The number of nitrogens with one attached hydrogen (secondary N) is 1. The Kier molecular flexibility index (Phi) is 6.82. The van der Waals surface area contributed by atoms with Crippen LogP contribution >= 0.6 is 0 Å². The van der Waals surface area contributed by atoms with E-state index in [1.54, 1.807) is 32.9 Å². The molecule has 0 aliphatic carbocycles. The van der Waals surface area contributed by atoms with Crippen LogP contribution < -0.4 is 5.32 Å². The zero-order valence-corrected chi connectivity index (χ0v) is 18.3. The Balaban J connectivity index is 2.33. The maximum Gasteiger partial charge on any atom is 0.492 e. The fourth-order valence-corrected chi connectivity index (χ4v) is 2.74. The molecule has 1 fully saturated rings. The van der Waals surface area contributed by atoms with Crippen LogP contribution in [0.3, 0.4) is 0 Å². The normalized spacial score (nSPS) is 18.7. The molecule has 0 bridgehead atoms. The van der Waals surface area contributed by atoms with Crippen LogP contribution in [0.5, 0.6) is 0 Å². The second kappa shape index (κ2) is 8.46. The van der Waals surface area contributed by atoms with Gasteiger partial charge in [-0.25, -0.2) is 9.18 Å². The number of benzene rings is 1. The summed E-state index contributed by atoms with van der Waals surface area (Å²) < 4.78 is 31.0. The van der Waals surface area contributed by atoms with Crippen molar-refractivity contribution in [2.45, 2.75) is 71.9 Å². The number of halogens is 1. The fraction of sp³-hybridized carbons (Fsp3) is 0.571. The maximum atomic E-state index is 13.5. The molecule has 8 heteroatoms. The average Bonchev–Trinajstić information content (AvgIpc) is 2.78. The molecule has 0 unspecified atom stereocenters. The minimum Gasteiger partial charge on any atom is -0.444 e. The second-order valence-corrected chi connectivity index (χ2v) is 9.16. The van der Waals surface area contributed by atoms with Gasteiger partial charge in [-0.2, -0.15) is 0 Å². The Morgan fingerprint density at radius 2 is 1.83 bits per heavy atom. The molecule has 1 aliphatic rings. The highest BCUT2D eigenvalue weighted by Crippen LogP contribution is 2.38. The van der Waals surface area contributed by atoms with E-state index in [2.05, 4.69) is 5.32 Å². The van der Waals surface area contributed by atoms with Gasteiger partial charge in [0.15, 0.2) is 0 Å². The molecule has 0 spiro atoms. The zero-order chi connectivity index (χ0) is 22.0. The Bertz CT molecular complexity index is 770. The largest absolute Gasteiger partial charge is 0.492 e. The van der Waals surface area contributed by atoms with E-state index in [1.165, 1.54) is 12.1 Å². The topological polar surface area (TPSA) is 77.0 Å². The Labute approximate surface area is 172 Å². The third-order valence-corrected chi connectivity index (χ3v) is 5.01. The lowest BCUT2D eigenvalue weighted by molar-refractivity contribution is 0.00578. The van der Waals surface area contributed by atoms with Gasteiger partial charge in [0.05, 0.1) is 17.8 Å². The summed E-state index contributed by atoms with van der Waals surface area (Å²) in [6.07, 6.45) is 1.17. The maximum absolute atomic E-state index is 13.5. The fourth-order valence-electron chi connectivity index (χ4n) is 2.74. The lowest BCUT2D eigenvalue weighted by Crippen LogP contribution is -2.41. The van der Waals surface area contributed by atoms with Crippen molar-refractivity contribution in [2.75, 3.05) is 6.54 Å². The van der Waals surface area contributed by atoms with Crippen molar-refractivity contribution >= 4 is 19.3 Å². The Morgan fingerprint density at radius 3 is 2.34 bits per heavy atom. The van der Waals surface area contributed by atoms with Crippen LogP contribution in [-0.4, -0.2) is 41.7 Å². The number of alkyl carbamates (subject to hydrolysis) is 1. The highest BCUT2D eigenvalue weighted by atomic mass is 19.1. The van der Waals surface area contributed by atoms with Crippen LogP contribution in [-0.2, 0) is 20.7 Å². The molecule has 0 radical (unpaired) electrons. The summed E-state index contributed by atoms with van der Waals surface area (Å²) in [5.74, 6) is -0.435. The number of carbonyl (C=O) groups is 1. The molecular weight excluding hydrogens is 376 g/mol. The summed E-state index contributed by atoms with van der Waals surface area (Å²) >= 11 is 0. The van der Waals surface area contributed by atoms with Gasteiger partial charge in [-0.15, -0.1) is 0 Å². The van der Waals surface area contributed by atoms with Crippen molar-refractivity contribution in [3.63, 3.8) is 0 Å². The SMILES string of the molecule is CC(C)(C)OC(=O)NCC(=Cc1ccc(F)cc1CO)B1OC(C)(C)C(C)(C)O1. The van der Waals surface area contributed by atoms with Crippen LogP contribution in [0.25, 0.3) is 6.08 Å². The van der Waals surface area contributed by atoms with Gasteiger partial charge in [0, 0.05) is 6.54 Å². The highest BCUT2D eigenvalue weighted by molar-refractivity contribution is 6.56. The standard InChI is InChI=1S/C21H31BFNO5/c1-19(2,3)27-18(26)24-12-16(22-28-20(4,5)21(6,7)29-22)10-14-8-9-17(23)11-15(14)13-25/h8-11,25H,12-13H2,1-7H3,(H,24,26). The van der Waals surface area contributed by atoms with E-state index in [0.717, 1.165) is 0 Å². The molecule has 1 heterocycles. The molecule has 1 aliphatic heterocycles. The molecular formula is C21H31BFNO5. The summed E-state index contributed by atoms with van der Waals surface area (Å²) in [6.45, 7) is 12.9. The van der Waals surface area contributed by atoms with Gasteiger partial charge < -0.3 is 24.5 Å². The number of hydrogen-bond donors (Lipinski definition) is 2. The number of hydrogen-bond acceptors (Lipinski definition) is 5. The van der Waals surface area contributed by atoms with Crippen molar-refractivity contribution in [1.82, 2.24) is 5.32 Å². The van der Waals surface area contributed by atoms with Crippen LogP contribution in [0.1, 0.15) is 59.6 Å². The van der Waals surface area contributed by atoms with E-state index >= 15 is 0 Å². The van der Waals surface area contributed by atoms with Gasteiger partial charge in [-0.1, -0.05) is 12.1 Å². The molecule has 6 nitrogen and oxygen atoms in total. The summed E-state index contributed by atoms with van der Waals surface area (Å²) in [4.78, 5) is 12.1. The van der Waals surface area contributed by atoms with Gasteiger partial charge >= 0.3 is 13.2 Å². The van der Waals surface area contributed by atoms with Crippen molar-refractivity contribution in [3.05, 3.63) is 40.6 Å². The van der Waals surface area contributed by atoms with Crippen LogP contribution in [0.4, 0.5) is 9.18 Å². The van der Waals surface area contributed by atoms with Gasteiger partial charge in [0.1, 0.15) is 11.4 Å². The number of rotatable bonds is 5. The van der Waals surface area contributed by atoms with E-state index in [9.17, 15) is 14.3 Å². The predicted molar refractivity (Wildman–Crippen MR) is 111 cm³/mol. The van der Waals surface area contributed by atoms with Gasteiger partial charge in [0.25, 0.3) is 0 Å². The molecule has 1 saturated heterocycles. The minimum absolute atomic E-state index is 0.105. The summed E-state index contributed by atoms with van der Waals surface area (Å²) in [5.41, 5.74) is -0.0905. The molecule has 29 heavy (non-hydrogen) atoms. The summed E-state index contributed by atoms with van der Waals surface area (Å²) in [5, 5.41) is 12.3. The number of aliphatic hydroxyl groups is 1. The Hall–Kier alpha value is -1.90. The predicted octanol–water partition coefficient (Wildman–Crippen LogP) is 3.86. The van der Waals surface area contributed by atoms with Crippen LogP contribution in [0.15, 0.2) is 23.7 Å². The van der Waals surface area contributed by atoms with Crippen molar-refractivity contribution in [2.24, 2.45) is 0 Å². The average molecular weight is 407 g/mol. The van der Waals surface area contributed by atoms with E-state index in [0.29, 0.717) is 16.6 Å². The van der Waals surface area contributed by atoms with Crippen molar-refractivity contribution < 1.29 is 28.3 Å². The smallest absolute Gasteiger partial charge is 0.444 e. The monoisotopic (exact) mass is 407 g/mol. The van der Waals surface area contributed by atoms with Crippen molar-refractivity contribution in [1.29, 1.82) is 0 Å². The third kappa shape index (κ3) is 6.04. The van der Waals surface area contributed by atoms with E-state index in [4.69, 9.17) is 14.0 Å². The first-order chi connectivity index (χ1) is 13.2. The molecule has 1 aromatic carbocycles. The number of aliphatic hydroxyl groups excluding tert-OH is 1. The van der Waals surface area contributed by atoms with Gasteiger partial charge in [-0.05, 0) is 77.2 Å². The number of amides is 1. The lowest BCUT2D eigenvalue weighted by atomic mass is 9.76.